The Morgan fingerprint density at radius 1 is 1.00 bits per heavy atom. The van der Waals surface area contributed by atoms with Crippen LogP contribution in [0, 0.1) is 0 Å². The summed E-state index contributed by atoms with van der Waals surface area (Å²) in [7, 11) is 4.08. The smallest absolute Gasteiger partial charge is 0.319 e. The van der Waals surface area contributed by atoms with Crippen LogP contribution in [-0.4, -0.2) is 25.0 Å². The highest BCUT2D eigenvalue weighted by Crippen LogP contribution is 2.08. The van der Waals surface area contributed by atoms with E-state index in [4.69, 9.17) is 0 Å². The van der Waals surface area contributed by atoms with E-state index in [9.17, 15) is 4.79 Å². The zero-order chi connectivity index (χ0) is 15.1. The van der Waals surface area contributed by atoms with Gasteiger partial charge in [-0.3, -0.25) is 0 Å². The number of carbonyl (C=O) groups is 1. The number of anilines is 1. The highest BCUT2D eigenvalue weighted by Gasteiger charge is 2.02. The van der Waals surface area contributed by atoms with Crippen LogP contribution < -0.4 is 10.6 Å². The molecule has 2 aromatic carbocycles. The minimum atomic E-state index is -0.195. The predicted molar refractivity (Wildman–Crippen MR) is 86.1 cm³/mol. The lowest BCUT2D eigenvalue weighted by Crippen LogP contribution is -2.28. The number of nitrogens with zero attached hydrogens (tertiary/aromatic N) is 1. The van der Waals surface area contributed by atoms with Crippen molar-refractivity contribution < 1.29 is 4.79 Å². The van der Waals surface area contributed by atoms with Crippen molar-refractivity contribution in [3.63, 3.8) is 0 Å². The van der Waals surface area contributed by atoms with Crippen LogP contribution in [0.5, 0.6) is 0 Å². The van der Waals surface area contributed by atoms with Gasteiger partial charge < -0.3 is 15.5 Å². The molecular formula is C17H21N3O. The Bertz CT molecular complexity index is 582. The molecule has 0 spiro atoms. The largest absolute Gasteiger partial charge is 0.334 e. The van der Waals surface area contributed by atoms with Crippen LogP contribution in [0.15, 0.2) is 54.6 Å². The van der Waals surface area contributed by atoms with Crippen molar-refractivity contribution in [2.75, 3.05) is 19.4 Å². The maximum atomic E-state index is 11.8. The van der Waals surface area contributed by atoms with Gasteiger partial charge in [0.25, 0.3) is 0 Å². The number of para-hydroxylation sites is 1. The summed E-state index contributed by atoms with van der Waals surface area (Å²) in [6, 6.07) is 17.5. The molecule has 0 aliphatic heterocycles. The maximum absolute atomic E-state index is 11.8. The van der Waals surface area contributed by atoms with Crippen molar-refractivity contribution in [1.29, 1.82) is 0 Å². The number of urea groups is 1. The summed E-state index contributed by atoms with van der Waals surface area (Å²) < 4.78 is 0. The molecule has 2 aromatic rings. The Kier molecular flexibility index (Phi) is 5.35. The van der Waals surface area contributed by atoms with Crippen LogP contribution in [-0.2, 0) is 13.1 Å². The number of hydrogen-bond acceptors (Lipinski definition) is 2. The molecule has 0 aliphatic rings. The molecule has 2 rings (SSSR count). The SMILES string of the molecule is CN(C)Cc1cccc(CNC(=O)Nc2ccccc2)c1. The zero-order valence-electron chi connectivity index (χ0n) is 12.5. The first-order valence-corrected chi connectivity index (χ1v) is 6.96. The van der Waals surface area contributed by atoms with Gasteiger partial charge in [-0.2, -0.15) is 0 Å². The second kappa shape index (κ2) is 7.45. The van der Waals surface area contributed by atoms with E-state index in [0.29, 0.717) is 6.54 Å². The van der Waals surface area contributed by atoms with E-state index in [1.807, 2.05) is 56.6 Å². The first-order chi connectivity index (χ1) is 10.1. The van der Waals surface area contributed by atoms with Crippen molar-refractivity contribution in [3.8, 4) is 0 Å². The van der Waals surface area contributed by atoms with Crippen molar-refractivity contribution in [3.05, 3.63) is 65.7 Å². The van der Waals surface area contributed by atoms with Gasteiger partial charge in [0.2, 0.25) is 0 Å². The first-order valence-electron chi connectivity index (χ1n) is 6.96. The molecular weight excluding hydrogens is 262 g/mol. The van der Waals surface area contributed by atoms with E-state index in [-0.39, 0.29) is 6.03 Å². The van der Waals surface area contributed by atoms with Crippen LogP contribution in [0.4, 0.5) is 10.5 Å². The fraction of sp³-hybridized carbons (Fsp3) is 0.235. The van der Waals surface area contributed by atoms with Crippen molar-refractivity contribution >= 4 is 11.7 Å². The summed E-state index contributed by atoms with van der Waals surface area (Å²) >= 11 is 0. The average molecular weight is 283 g/mol. The third kappa shape index (κ3) is 5.28. The topological polar surface area (TPSA) is 44.4 Å². The van der Waals surface area contributed by atoms with Gasteiger partial charge in [-0.25, -0.2) is 4.79 Å². The molecule has 4 heteroatoms. The molecule has 21 heavy (non-hydrogen) atoms. The second-order valence-corrected chi connectivity index (χ2v) is 5.23. The molecule has 0 saturated heterocycles. The lowest BCUT2D eigenvalue weighted by atomic mass is 10.1. The van der Waals surface area contributed by atoms with Crippen LogP contribution in [0.3, 0.4) is 0 Å². The Morgan fingerprint density at radius 2 is 1.71 bits per heavy atom. The average Bonchev–Trinajstić information content (AvgIpc) is 2.46. The minimum Gasteiger partial charge on any atom is -0.334 e. The van der Waals surface area contributed by atoms with Gasteiger partial charge in [-0.05, 0) is 37.4 Å². The molecule has 2 N–H and O–H groups in total. The lowest BCUT2D eigenvalue weighted by Gasteiger charge is -2.11. The Labute approximate surface area is 125 Å². The van der Waals surface area contributed by atoms with E-state index in [0.717, 1.165) is 17.8 Å². The summed E-state index contributed by atoms with van der Waals surface area (Å²) in [4.78, 5) is 13.9. The molecule has 0 atom stereocenters. The van der Waals surface area contributed by atoms with Crippen LogP contribution in [0.25, 0.3) is 0 Å². The molecule has 110 valence electrons. The highest BCUT2D eigenvalue weighted by atomic mass is 16.2. The third-order valence-electron chi connectivity index (χ3n) is 2.97. The van der Waals surface area contributed by atoms with Crippen molar-refractivity contribution in [2.24, 2.45) is 0 Å². The van der Waals surface area contributed by atoms with E-state index >= 15 is 0 Å². The molecule has 0 saturated carbocycles. The summed E-state index contributed by atoms with van der Waals surface area (Å²) in [6.07, 6.45) is 0. The number of benzene rings is 2. The lowest BCUT2D eigenvalue weighted by molar-refractivity contribution is 0.251. The molecule has 0 heterocycles. The van der Waals surface area contributed by atoms with Gasteiger partial charge in [-0.15, -0.1) is 0 Å². The summed E-state index contributed by atoms with van der Waals surface area (Å²) in [5.41, 5.74) is 3.12. The molecule has 0 aromatic heterocycles. The van der Waals surface area contributed by atoms with Crippen LogP contribution >= 0.6 is 0 Å². The number of hydrogen-bond donors (Lipinski definition) is 2. The van der Waals surface area contributed by atoms with Gasteiger partial charge in [0.15, 0.2) is 0 Å². The van der Waals surface area contributed by atoms with Crippen molar-refractivity contribution in [2.45, 2.75) is 13.1 Å². The highest BCUT2D eigenvalue weighted by molar-refractivity contribution is 5.89. The van der Waals surface area contributed by atoms with Gasteiger partial charge in [0.1, 0.15) is 0 Å². The zero-order valence-corrected chi connectivity index (χ0v) is 12.5. The normalized spacial score (nSPS) is 10.4. The van der Waals surface area contributed by atoms with Gasteiger partial charge in [0, 0.05) is 18.8 Å². The minimum absolute atomic E-state index is 0.195. The monoisotopic (exact) mass is 283 g/mol. The van der Waals surface area contributed by atoms with E-state index < -0.39 is 0 Å². The number of carbonyl (C=O) groups excluding carboxylic acids is 1. The van der Waals surface area contributed by atoms with Crippen LogP contribution in [0.2, 0.25) is 0 Å². The molecule has 0 aliphatic carbocycles. The fourth-order valence-electron chi connectivity index (χ4n) is 2.08. The van der Waals surface area contributed by atoms with E-state index in [1.54, 1.807) is 0 Å². The summed E-state index contributed by atoms with van der Waals surface area (Å²) in [6.45, 7) is 1.41. The molecule has 2 amide bonds. The summed E-state index contributed by atoms with van der Waals surface area (Å²) in [5.74, 6) is 0. The van der Waals surface area contributed by atoms with Crippen molar-refractivity contribution in [1.82, 2.24) is 10.2 Å². The predicted octanol–water partition coefficient (Wildman–Crippen LogP) is 3.07. The van der Waals surface area contributed by atoms with Gasteiger partial charge >= 0.3 is 6.03 Å². The quantitative estimate of drug-likeness (QED) is 0.885. The second-order valence-electron chi connectivity index (χ2n) is 5.23. The third-order valence-corrected chi connectivity index (χ3v) is 2.97. The molecule has 4 nitrogen and oxygen atoms in total. The Balaban J connectivity index is 1.86. The van der Waals surface area contributed by atoms with E-state index in [1.165, 1.54) is 5.56 Å². The van der Waals surface area contributed by atoms with Gasteiger partial charge in [-0.1, -0.05) is 42.5 Å². The Morgan fingerprint density at radius 3 is 2.43 bits per heavy atom. The number of nitrogens with one attached hydrogen (secondary N) is 2. The summed E-state index contributed by atoms with van der Waals surface area (Å²) in [5, 5.41) is 5.67. The molecule has 0 radical (unpaired) electrons. The standard InChI is InChI=1S/C17H21N3O/c1-20(2)13-15-8-6-7-14(11-15)12-18-17(21)19-16-9-4-3-5-10-16/h3-11H,12-13H2,1-2H3,(H2,18,19,21). The molecule has 0 unspecified atom stereocenters. The van der Waals surface area contributed by atoms with Crippen LogP contribution in [0.1, 0.15) is 11.1 Å². The number of amides is 2. The van der Waals surface area contributed by atoms with E-state index in [2.05, 4.69) is 27.7 Å². The Hall–Kier alpha value is -2.33. The van der Waals surface area contributed by atoms with Gasteiger partial charge in [0.05, 0.1) is 0 Å². The molecule has 0 bridgehead atoms. The molecule has 0 fully saturated rings. The maximum Gasteiger partial charge on any atom is 0.319 e. The fourth-order valence-corrected chi connectivity index (χ4v) is 2.08. The first kappa shape index (κ1) is 15.1. The number of rotatable bonds is 5.